The van der Waals surface area contributed by atoms with E-state index in [-0.39, 0.29) is 0 Å². The minimum atomic E-state index is 0.620. The fourth-order valence-corrected chi connectivity index (χ4v) is 1.41. The van der Waals surface area contributed by atoms with E-state index in [2.05, 4.69) is 48.6 Å². The van der Waals surface area contributed by atoms with Crippen LogP contribution in [-0.2, 0) is 0 Å². The Balaban J connectivity index is 2.28. The minimum Gasteiger partial charge on any atom is -0.0767 e. The molecular formula is C10H10. The monoisotopic (exact) mass is 130 g/mol. The minimum absolute atomic E-state index is 0.620. The molecule has 0 N–H and O–H groups in total. The molecular weight excluding hydrogens is 120 g/mol. The molecule has 0 amide bonds. The van der Waals surface area contributed by atoms with Crippen molar-refractivity contribution in [2.75, 3.05) is 0 Å². The Labute approximate surface area is 61.3 Å². The maximum atomic E-state index is 2.24. The van der Waals surface area contributed by atoms with E-state index in [0.29, 0.717) is 11.8 Å². The largest absolute Gasteiger partial charge is 0.0767 e. The van der Waals surface area contributed by atoms with E-state index in [1.807, 2.05) is 0 Å². The van der Waals surface area contributed by atoms with E-state index in [1.165, 1.54) is 0 Å². The molecule has 0 aromatic heterocycles. The first-order chi connectivity index (χ1) is 4.97. The molecule has 0 atom stereocenters. The summed E-state index contributed by atoms with van der Waals surface area (Å²) in [4.78, 5) is 0. The molecule has 50 valence electrons. The topological polar surface area (TPSA) is 0 Å². The summed E-state index contributed by atoms with van der Waals surface area (Å²) in [5, 5.41) is 0. The van der Waals surface area contributed by atoms with Gasteiger partial charge in [-0.05, 0) is 0 Å². The van der Waals surface area contributed by atoms with Gasteiger partial charge in [0.25, 0.3) is 0 Å². The molecule has 0 unspecified atom stereocenters. The number of fused-ring (bicyclic) bond motifs is 1. The standard InChI is InChI=1S/C10H10/c1-2-6-10-8-4-3-7-9(10)5-1/h1-10H. The van der Waals surface area contributed by atoms with E-state index in [1.54, 1.807) is 0 Å². The van der Waals surface area contributed by atoms with E-state index < -0.39 is 0 Å². The van der Waals surface area contributed by atoms with E-state index in [9.17, 15) is 0 Å². The van der Waals surface area contributed by atoms with Crippen LogP contribution in [-0.4, -0.2) is 0 Å². The zero-order valence-electron chi connectivity index (χ0n) is 5.77. The highest BCUT2D eigenvalue weighted by Crippen LogP contribution is 2.24. The average Bonchev–Trinajstić information content (AvgIpc) is 2.05. The first-order valence-corrected chi connectivity index (χ1v) is 3.67. The van der Waals surface area contributed by atoms with E-state index in [0.717, 1.165) is 0 Å². The highest BCUT2D eigenvalue weighted by atomic mass is 14.2. The normalized spacial score (nSPS) is 34.4. The third-order valence-corrected chi connectivity index (χ3v) is 2.00. The zero-order valence-corrected chi connectivity index (χ0v) is 5.77. The third kappa shape index (κ3) is 0.860. The summed E-state index contributed by atoms with van der Waals surface area (Å²) in [6.45, 7) is 0. The van der Waals surface area contributed by atoms with Crippen LogP contribution in [0.3, 0.4) is 0 Å². The first-order valence-electron chi connectivity index (χ1n) is 3.67. The van der Waals surface area contributed by atoms with Gasteiger partial charge in [0, 0.05) is 11.8 Å². The lowest BCUT2D eigenvalue weighted by Crippen LogP contribution is -2.09. The van der Waals surface area contributed by atoms with Crippen LogP contribution in [0, 0.1) is 11.8 Å². The van der Waals surface area contributed by atoms with Crippen molar-refractivity contribution in [1.29, 1.82) is 0 Å². The molecule has 2 aliphatic rings. The summed E-state index contributed by atoms with van der Waals surface area (Å²) < 4.78 is 0. The maximum absolute atomic E-state index is 2.24. The lowest BCUT2D eigenvalue weighted by molar-refractivity contribution is 0.660. The average molecular weight is 130 g/mol. The van der Waals surface area contributed by atoms with Crippen molar-refractivity contribution in [1.82, 2.24) is 0 Å². The van der Waals surface area contributed by atoms with E-state index in [4.69, 9.17) is 0 Å². The van der Waals surface area contributed by atoms with Gasteiger partial charge < -0.3 is 0 Å². The molecule has 10 heavy (non-hydrogen) atoms. The second kappa shape index (κ2) is 2.30. The van der Waals surface area contributed by atoms with Gasteiger partial charge in [-0.15, -0.1) is 0 Å². The van der Waals surface area contributed by atoms with Crippen LogP contribution in [0.2, 0.25) is 0 Å². The molecule has 0 saturated carbocycles. The van der Waals surface area contributed by atoms with Gasteiger partial charge in [0.1, 0.15) is 0 Å². The van der Waals surface area contributed by atoms with Crippen LogP contribution in [0.1, 0.15) is 0 Å². The van der Waals surface area contributed by atoms with Gasteiger partial charge in [-0.3, -0.25) is 0 Å². The molecule has 2 rings (SSSR count). The summed E-state index contributed by atoms with van der Waals surface area (Å²) >= 11 is 0. The summed E-state index contributed by atoms with van der Waals surface area (Å²) in [7, 11) is 0. The molecule has 0 spiro atoms. The van der Waals surface area contributed by atoms with Crippen LogP contribution in [0.4, 0.5) is 0 Å². The van der Waals surface area contributed by atoms with Gasteiger partial charge in [0.2, 0.25) is 0 Å². The van der Waals surface area contributed by atoms with Crippen LogP contribution in [0.15, 0.2) is 48.6 Å². The SMILES string of the molecule is C1=CC2C=CC=CC2C=C1. The lowest BCUT2D eigenvalue weighted by Gasteiger charge is -2.19. The highest BCUT2D eigenvalue weighted by molar-refractivity contribution is 5.27. The second-order valence-electron chi connectivity index (χ2n) is 2.69. The van der Waals surface area contributed by atoms with Crippen LogP contribution in [0.25, 0.3) is 0 Å². The molecule has 0 saturated heterocycles. The number of hydrogen-bond acceptors (Lipinski definition) is 0. The van der Waals surface area contributed by atoms with Crippen molar-refractivity contribution in [3.63, 3.8) is 0 Å². The van der Waals surface area contributed by atoms with Crippen LogP contribution >= 0.6 is 0 Å². The number of rotatable bonds is 0. The van der Waals surface area contributed by atoms with Gasteiger partial charge in [-0.2, -0.15) is 0 Å². The van der Waals surface area contributed by atoms with Crippen molar-refractivity contribution in [3.05, 3.63) is 48.6 Å². The Morgan fingerprint density at radius 3 is 1.10 bits per heavy atom. The van der Waals surface area contributed by atoms with Crippen molar-refractivity contribution >= 4 is 0 Å². The Morgan fingerprint density at radius 2 is 0.800 bits per heavy atom. The highest BCUT2D eigenvalue weighted by Gasteiger charge is 2.13. The molecule has 0 fully saturated rings. The molecule has 0 radical (unpaired) electrons. The lowest BCUT2D eigenvalue weighted by atomic mass is 9.85. The van der Waals surface area contributed by atoms with Crippen molar-refractivity contribution in [2.24, 2.45) is 11.8 Å². The van der Waals surface area contributed by atoms with Crippen molar-refractivity contribution < 1.29 is 0 Å². The Kier molecular flexibility index (Phi) is 1.31. The Hall–Kier alpha value is -1.04. The zero-order chi connectivity index (χ0) is 6.81. The molecule has 0 heterocycles. The molecule has 2 aliphatic carbocycles. The van der Waals surface area contributed by atoms with Gasteiger partial charge in [0.15, 0.2) is 0 Å². The Morgan fingerprint density at radius 1 is 0.500 bits per heavy atom. The molecule has 0 aromatic rings. The summed E-state index contributed by atoms with van der Waals surface area (Å²) in [6, 6.07) is 0. The predicted molar refractivity (Wildman–Crippen MR) is 43.5 cm³/mol. The van der Waals surface area contributed by atoms with E-state index >= 15 is 0 Å². The van der Waals surface area contributed by atoms with Gasteiger partial charge in [0.05, 0.1) is 0 Å². The summed E-state index contributed by atoms with van der Waals surface area (Å²) in [5.41, 5.74) is 0. The van der Waals surface area contributed by atoms with Crippen LogP contribution in [0.5, 0.6) is 0 Å². The first kappa shape index (κ1) is 5.72. The molecule has 0 aliphatic heterocycles. The predicted octanol–water partition coefficient (Wildman–Crippen LogP) is 2.47. The molecule has 0 aromatic carbocycles. The van der Waals surface area contributed by atoms with Gasteiger partial charge in [-0.1, -0.05) is 48.6 Å². The fourth-order valence-electron chi connectivity index (χ4n) is 1.41. The molecule has 0 bridgehead atoms. The third-order valence-electron chi connectivity index (χ3n) is 2.00. The summed E-state index contributed by atoms with van der Waals surface area (Å²) in [6.07, 6.45) is 17.4. The van der Waals surface area contributed by atoms with Gasteiger partial charge >= 0.3 is 0 Å². The van der Waals surface area contributed by atoms with Gasteiger partial charge in [-0.25, -0.2) is 0 Å². The maximum Gasteiger partial charge on any atom is 0.00506 e. The summed E-state index contributed by atoms with van der Waals surface area (Å²) in [5.74, 6) is 1.24. The fraction of sp³-hybridized carbons (Fsp3) is 0.200. The molecule has 0 heteroatoms. The van der Waals surface area contributed by atoms with Crippen molar-refractivity contribution in [2.45, 2.75) is 0 Å². The number of hydrogen-bond donors (Lipinski definition) is 0. The number of allylic oxidation sites excluding steroid dienone is 8. The quantitative estimate of drug-likeness (QED) is 0.472. The Bertz CT molecular complexity index is 178. The smallest absolute Gasteiger partial charge is 0.00506 e. The second-order valence-corrected chi connectivity index (χ2v) is 2.69. The van der Waals surface area contributed by atoms with Crippen LogP contribution < -0.4 is 0 Å². The molecule has 0 nitrogen and oxygen atoms in total. The van der Waals surface area contributed by atoms with Crippen molar-refractivity contribution in [3.8, 4) is 0 Å².